The van der Waals surface area contributed by atoms with Gasteiger partial charge in [0.15, 0.2) is 0 Å². The molecule has 100 valence electrons. The Hall–Kier alpha value is -1.67. The average Bonchev–Trinajstić information content (AvgIpc) is 2.38. The minimum atomic E-state index is 0.935. The highest BCUT2D eigenvalue weighted by atomic mass is 14.9. The third kappa shape index (κ3) is 3.90. The molecule has 0 aliphatic carbocycles. The summed E-state index contributed by atoms with van der Waals surface area (Å²) in [4.78, 5) is 4.33. The van der Waals surface area contributed by atoms with Crippen LogP contribution in [0.4, 0.5) is 0 Å². The molecule has 2 heteroatoms. The van der Waals surface area contributed by atoms with Crippen LogP contribution in [0, 0.1) is 20.8 Å². The third-order valence-electron chi connectivity index (χ3n) is 3.43. The number of benzene rings is 1. The second kappa shape index (κ2) is 6.48. The first kappa shape index (κ1) is 13.8. The molecule has 0 fully saturated rings. The SMILES string of the molecule is Cc1cc(C)c(CNCCc2ccccn2)c(C)c1. The molecule has 0 aliphatic heterocycles. The summed E-state index contributed by atoms with van der Waals surface area (Å²) in [6.45, 7) is 8.43. The van der Waals surface area contributed by atoms with Gasteiger partial charge in [0, 0.05) is 31.4 Å². The first-order chi connectivity index (χ1) is 9.16. The van der Waals surface area contributed by atoms with E-state index in [4.69, 9.17) is 0 Å². The van der Waals surface area contributed by atoms with Gasteiger partial charge in [0.1, 0.15) is 0 Å². The Kier molecular flexibility index (Phi) is 4.69. The van der Waals surface area contributed by atoms with Crippen LogP contribution in [0.2, 0.25) is 0 Å². The quantitative estimate of drug-likeness (QED) is 0.828. The number of pyridine rings is 1. The van der Waals surface area contributed by atoms with Crippen LogP contribution in [0.1, 0.15) is 27.9 Å². The lowest BCUT2D eigenvalue weighted by molar-refractivity contribution is 0.675. The zero-order valence-corrected chi connectivity index (χ0v) is 12.0. The fourth-order valence-corrected chi connectivity index (χ4v) is 2.46. The molecule has 2 rings (SSSR count). The number of aromatic nitrogens is 1. The summed E-state index contributed by atoms with van der Waals surface area (Å²) in [5.41, 5.74) is 6.66. The monoisotopic (exact) mass is 254 g/mol. The Labute approximate surface area is 115 Å². The molecule has 0 bridgehead atoms. The van der Waals surface area contributed by atoms with Crippen molar-refractivity contribution in [3.63, 3.8) is 0 Å². The van der Waals surface area contributed by atoms with E-state index in [2.05, 4.69) is 49.3 Å². The van der Waals surface area contributed by atoms with Crippen LogP contribution in [0.15, 0.2) is 36.5 Å². The Bertz CT molecular complexity index is 509. The summed E-state index contributed by atoms with van der Waals surface area (Å²) in [6.07, 6.45) is 2.83. The summed E-state index contributed by atoms with van der Waals surface area (Å²) >= 11 is 0. The molecule has 0 radical (unpaired) electrons. The Morgan fingerprint density at radius 3 is 2.42 bits per heavy atom. The molecule has 1 aromatic carbocycles. The van der Waals surface area contributed by atoms with Crippen molar-refractivity contribution in [3.8, 4) is 0 Å². The summed E-state index contributed by atoms with van der Waals surface area (Å²) < 4.78 is 0. The molecular formula is C17H22N2. The molecule has 0 unspecified atom stereocenters. The molecule has 0 aliphatic rings. The molecule has 2 aromatic rings. The van der Waals surface area contributed by atoms with Gasteiger partial charge in [0.25, 0.3) is 0 Å². The van der Waals surface area contributed by atoms with Crippen LogP contribution in [0.3, 0.4) is 0 Å². The summed E-state index contributed by atoms with van der Waals surface area (Å²) in [6, 6.07) is 10.6. The second-order valence-corrected chi connectivity index (χ2v) is 5.13. The average molecular weight is 254 g/mol. The van der Waals surface area contributed by atoms with Crippen molar-refractivity contribution in [1.29, 1.82) is 0 Å². The Balaban J connectivity index is 1.86. The van der Waals surface area contributed by atoms with Crippen LogP contribution in [0.5, 0.6) is 0 Å². The van der Waals surface area contributed by atoms with Crippen molar-refractivity contribution in [2.24, 2.45) is 0 Å². The maximum absolute atomic E-state index is 4.33. The van der Waals surface area contributed by atoms with Gasteiger partial charge in [0.05, 0.1) is 0 Å². The Morgan fingerprint density at radius 1 is 1.05 bits per heavy atom. The van der Waals surface area contributed by atoms with E-state index in [0.717, 1.165) is 25.2 Å². The number of aryl methyl sites for hydroxylation is 3. The van der Waals surface area contributed by atoms with Crippen LogP contribution in [0.25, 0.3) is 0 Å². The minimum Gasteiger partial charge on any atom is -0.312 e. The predicted octanol–water partition coefficient (Wildman–Crippen LogP) is 3.34. The maximum Gasteiger partial charge on any atom is 0.0416 e. The first-order valence-corrected chi connectivity index (χ1v) is 6.84. The standard InChI is InChI=1S/C17H22N2/c1-13-10-14(2)17(15(3)11-13)12-18-9-7-16-6-4-5-8-19-16/h4-6,8,10-11,18H,7,9,12H2,1-3H3. The lowest BCUT2D eigenvalue weighted by Crippen LogP contribution is -2.18. The van der Waals surface area contributed by atoms with E-state index in [-0.39, 0.29) is 0 Å². The van der Waals surface area contributed by atoms with Crippen molar-refractivity contribution >= 4 is 0 Å². The smallest absolute Gasteiger partial charge is 0.0416 e. The van der Waals surface area contributed by atoms with E-state index >= 15 is 0 Å². The molecule has 1 heterocycles. The number of rotatable bonds is 5. The fraction of sp³-hybridized carbons (Fsp3) is 0.353. The third-order valence-corrected chi connectivity index (χ3v) is 3.43. The fourth-order valence-electron chi connectivity index (χ4n) is 2.46. The molecule has 0 saturated heterocycles. The van der Waals surface area contributed by atoms with Gasteiger partial charge in [-0.25, -0.2) is 0 Å². The highest BCUT2D eigenvalue weighted by molar-refractivity contribution is 5.37. The van der Waals surface area contributed by atoms with Gasteiger partial charge >= 0.3 is 0 Å². The molecule has 1 N–H and O–H groups in total. The minimum absolute atomic E-state index is 0.935. The maximum atomic E-state index is 4.33. The number of hydrogen-bond acceptors (Lipinski definition) is 2. The molecule has 0 spiro atoms. The number of hydrogen-bond donors (Lipinski definition) is 1. The number of nitrogens with one attached hydrogen (secondary N) is 1. The van der Waals surface area contributed by atoms with Crippen LogP contribution in [-0.2, 0) is 13.0 Å². The molecular weight excluding hydrogens is 232 g/mol. The largest absolute Gasteiger partial charge is 0.312 e. The summed E-state index contributed by atoms with van der Waals surface area (Å²) in [5.74, 6) is 0. The van der Waals surface area contributed by atoms with E-state index in [1.54, 1.807) is 0 Å². The van der Waals surface area contributed by atoms with E-state index in [9.17, 15) is 0 Å². The van der Waals surface area contributed by atoms with Crippen molar-refractivity contribution in [2.45, 2.75) is 33.7 Å². The van der Waals surface area contributed by atoms with Gasteiger partial charge in [-0.15, -0.1) is 0 Å². The zero-order chi connectivity index (χ0) is 13.7. The molecule has 2 nitrogen and oxygen atoms in total. The van der Waals surface area contributed by atoms with Gasteiger partial charge in [-0.05, 0) is 49.6 Å². The lowest BCUT2D eigenvalue weighted by Gasteiger charge is -2.12. The van der Waals surface area contributed by atoms with E-state index in [1.807, 2.05) is 18.3 Å². The van der Waals surface area contributed by atoms with Crippen LogP contribution in [-0.4, -0.2) is 11.5 Å². The van der Waals surface area contributed by atoms with E-state index < -0.39 is 0 Å². The van der Waals surface area contributed by atoms with Crippen molar-refractivity contribution in [2.75, 3.05) is 6.54 Å². The molecule has 0 atom stereocenters. The van der Waals surface area contributed by atoms with Gasteiger partial charge < -0.3 is 5.32 Å². The summed E-state index contributed by atoms with van der Waals surface area (Å²) in [7, 11) is 0. The zero-order valence-electron chi connectivity index (χ0n) is 12.0. The van der Waals surface area contributed by atoms with Gasteiger partial charge in [-0.1, -0.05) is 23.8 Å². The normalized spacial score (nSPS) is 10.7. The Morgan fingerprint density at radius 2 is 1.79 bits per heavy atom. The second-order valence-electron chi connectivity index (χ2n) is 5.13. The van der Waals surface area contributed by atoms with Crippen LogP contribution < -0.4 is 5.32 Å². The van der Waals surface area contributed by atoms with Gasteiger partial charge in [0.2, 0.25) is 0 Å². The number of nitrogens with zero attached hydrogens (tertiary/aromatic N) is 1. The molecule has 1 aromatic heterocycles. The van der Waals surface area contributed by atoms with Gasteiger partial charge in [-0.2, -0.15) is 0 Å². The van der Waals surface area contributed by atoms with Crippen molar-refractivity contribution < 1.29 is 0 Å². The molecule has 19 heavy (non-hydrogen) atoms. The van der Waals surface area contributed by atoms with Crippen molar-refractivity contribution in [1.82, 2.24) is 10.3 Å². The lowest BCUT2D eigenvalue weighted by atomic mass is 10.00. The van der Waals surface area contributed by atoms with Crippen molar-refractivity contribution in [3.05, 3.63) is 64.5 Å². The molecule has 0 amide bonds. The van der Waals surface area contributed by atoms with Crippen LogP contribution >= 0.6 is 0 Å². The highest BCUT2D eigenvalue weighted by Crippen LogP contribution is 2.15. The highest BCUT2D eigenvalue weighted by Gasteiger charge is 2.03. The van der Waals surface area contributed by atoms with E-state index in [1.165, 1.54) is 22.3 Å². The van der Waals surface area contributed by atoms with E-state index in [0.29, 0.717) is 0 Å². The predicted molar refractivity (Wildman–Crippen MR) is 80.3 cm³/mol. The topological polar surface area (TPSA) is 24.9 Å². The molecule has 0 saturated carbocycles. The summed E-state index contributed by atoms with van der Waals surface area (Å²) in [5, 5.41) is 3.51. The van der Waals surface area contributed by atoms with Gasteiger partial charge in [-0.3, -0.25) is 4.98 Å². The first-order valence-electron chi connectivity index (χ1n) is 6.84.